The molecule has 1 N–H and O–H groups in total. The van der Waals surface area contributed by atoms with Gasteiger partial charge in [-0.1, -0.05) is 182 Å². The summed E-state index contributed by atoms with van der Waals surface area (Å²) in [7, 11) is 0. The Morgan fingerprint density at radius 1 is 0.362 bits per heavy atom. The van der Waals surface area contributed by atoms with Crippen molar-refractivity contribution < 1.29 is 0 Å². The molecule has 1 aliphatic rings. The lowest BCUT2D eigenvalue weighted by atomic mass is 9.91. The monoisotopic (exact) mass is 740 g/mol. The standard InChI is InChI=1S/C54H36N4/c1-3-14-38(15-4-1)46-20-11-21-47-50(46)48-34-43(30-31-49(48)55-51(47)39-16-5-2-6-17-39)37-22-26-40(27-23-37)52-56-53(44-28-24-35-12-7-9-18-41(35)32-44)58-54(57-52)45-29-25-36-13-8-10-19-42(36)33-45/h1-34,52H,(H,56,57,58). The summed E-state index contributed by atoms with van der Waals surface area (Å²) in [6.45, 7) is 0. The molecule has 9 aromatic carbocycles. The number of fused-ring (bicyclic) bond motifs is 5. The van der Waals surface area contributed by atoms with Crippen LogP contribution in [0.15, 0.2) is 216 Å². The predicted molar refractivity (Wildman–Crippen MR) is 242 cm³/mol. The quantitative estimate of drug-likeness (QED) is 0.173. The van der Waals surface area contributed by atoms with Crippen LogP contribution in [0, 0.1) is 0 Å². The molecule has 10 aromatic rings. The minimum atomic E-state index is -0.423. The van der Waals surface area contributed by atoms with Crippen molar-refractivity contribution in [1.82, 2.24) is 10.3 Å². The van der Waals surface area contributed by atoms with Crippen LogP contribution >= 0.6 is 0 Å². The van der Waals surface area contributed by atoms with Crippen molar-refractivity contribution in [3.8, 4) is 33.5 Å². The zero-order valence-electron chi connectivity index (χ0n) is 31.5. The van der Waals surface area contributed by atoms with Gasteiger partial charge < -0.3 is 5.32 Å². The molecule has 0 radical (unpaired) electrons. The molecule has 0 spiro atoms. The lowest BCUT2D eigenvalue weighted by molar-refractivity contribution is 0.756. The maximum Gasteiger partial charge on any atom is 0.169 e. The maximum absolute atomic E-state index is 5.28. The highest BCUT2D eigenvalue weighted by Gasteiger charge is 2.22. The Labute approximate surface area is 336 Å². The van der Waals surface area contributed by atoms with Gasteiger partial charge in [0, 0.05) is 32.8 Å². The zero-order valence-corrected chi connectivity index (χ0v) is 31.5. The van der Waals surface area contributed by atoms with Crippen LogP contribution in [0.25, 0.3) is 76.7 Å². The summed E-state index contributed by atoms with van der Waals surface area (Å²) < 4.78 is 0. The largest absolute Gasteiger partial charge is 0.324 e. The number of hydrogen-bond acceptors (Lipinski definition) is 4. The molecule has 1 aromatic heterocycles. The zero-order chi connectivity index (χ0) is 38.4. The Kier molecular flexibility index (Phi) is 8.18. The molecular formula is C54H36N4. The fourth-order valence-corrected chi connectivity index (χ4v) is 8.32. The maximum atomic E-state index is 5.28. The Balaban J connectivity index is 1.01. The van der Waals surface area contributed by atoms with Gasteiger partial charge in [-0.15, -0.1) is 0 Å². The number of amidine groups is 2. The first-order valence-electron chi connectivity index (χ1n) is 19.7. The molecule has 0 unspecified atom stereocenters. The average molecular weight is 741 g/mol. The molecular weight excluding hydrogens is 705 g/mol. The van der Waals surface area contributed by atoms with E-state index in [1.807, 2.05) is 0 Å². The Bertz CT molecular complexity index is 3150. The summed E-state index contributed by atoms with van der Waals surface area (Å²) >= 11 is 0. The highest BCUT2D eigenvalue weighted by Crippen LogP contribution is 2.40. The number of benzene rings is 9. The minimum absolute atomic E-state index is 0.423. The second-order valence-electron chi connectivity index (χ2n) is 14.9. The summed E-state index contributed by atoms with van der Waals surface area (Å²) in [6, 6.07) is 73.0. The Morgan fingerprint density at radius 2 is 0.914 bits per heavy atom. The minimum Gasteiger partial charge on any atom is -0.324 e. The normalized spacial score (nSPS) is 13.1. The van der Waals surface area contributed by atoms with Crippen molar-refractivity contribution in [3.05, 3.63) is 223 Å². The first-order chi connectivity index (χ1) is 28.7. The number of nitrogens with zero attached hydrogens (tertiary/aromatic N) is 3. The molecule has 11 rings (SSSR count). The molecule has 0 atom stereocenters. The number of nitrogens with one attached hydrogen (secondary N) is 1. The van der Waals surface area contributed by atoms with Gasteiger partial charge in [-0.2, -0.15) is 0 Å². The van der Waals surface area contributed by atoms with E-state index in [2.05, 4.69) is 212 Å². The van der Waals surface area contributed by atoms with Gasteiger partial charge in [0.05, 0.1) is 11.2 Å². The number of rotatable bonds is 6. The molecule has 0 saturated carbocycles. The van der Waals surface area contributed by atoms with Crippen LogP contribution < -0.4 is 5.32 Å². The fraction of sp³-hybridized carbons (Fsp3) is 0.0185. The van der Waals surface area contributed by atoms with Gasteiger partial charge in [0.2, 0.25) is 0 Å². The van der Waals surface area contributed by atoms with Gasteiger partial charge in [-0.25, -0.2) is 15.0 Å². The van der Waals surface area contributed by atoms with Crippen LogP contribution in [0.1, 0.15) is 22.9 Å². The van der Waals surface area contributed by atoms with Crippen LogP contribution in [0.2, 0.25) is 0 Å². The second-order valence-corrected chi connectivity index (χ2v) is 14.9. The van der Waals surface area contributed by atoms with Gasteiger partial charge >= 0.3 is 0 Å². The topological polar surface area (TPSA) is 49.6 Å². The van der Waals surface area contributed by atoms with E-state index in [0.29, 0.717) is 0 Å². The third-order valence-electron chi connectivity index (χ3n) is 11.3. The third kappa shape index (κ3) is 6.08. The number of aromatic nitrogens is 1. The van der Waals surface area contributed by atoms with Crippen molar-refractivity contribution in [2.75, 3.05) is 0 Å². The van der Waals surface area contributed by atoms with E-state index in [0.717, 1.165) is 67.0 Å². The summed E-state index contributed by atoms with van der Waals surface area (Å²) in [5.41, 5.74) is 10.8. The van der Waals surface area contributed by atoms with Crippen molar-refractivity contribution in [2.45, 2.75) is 6.17 Å². The summed E-state index contributed by atoms with van der Waals surface area (Å²) in [4.78, 5) is 15.7. The van der Waals surface area contributed by atoms with E-state index in [1.165, 1.54) is 38.1 Å². The van der Waals surface area contributed by atoms with Gasteiger partial charge in [0.1, 0.15) is 11.7 Å². The van der Waals surface area contributed by atoms with E-state index in [-0.39, 0.29) is 0 Å². The van der Waals surface area contributed by atoms with Crippen molar-refractivity contribution >= 4 is 54.9 Å². The molecule has 0 saturated heterocycles. The number of hydrogen-bond donors (Lipinski definition) is 1. The second kappa shape index (κ2) is 14.1. The lowest BCUT2D eigenvalue weighted by Gasteiger charge is -2.23. The molecule has 0 amide bonds. The van der Waals surface area contributed by atoms with Crippen molar-refractivity contribution in [1.29, 1.82) is 0 Å². The van der Waals surface area contributed by atoms with E-state index >= 15 is 0 Å². The highest BCUT2D eigenvalue weighted by atomic mass is 15.2. The predicted octanol–water partition coefficient (Wildman–Crippen LogP) is 13.2. The summed E-state index contributed by atoms with van der Waals surface area (Å²) in [6.07, 6.45) is -0.423. The molecule has 0 aliphatic carbocycles. The van der Waals surface area contributed by atoms with E-state index in [1.54, 1.807) is 0 Å². The Hall–Kier alpha value is -7.69. The smallest absolute Gasteiger partial charge is 0.169 e. The molecule has 0 fully saturated rings. The number of aliphatic imine (C=N–C) groups is 2. The van der Waals surface area contributed by atoms with Crippen molar-refractivity contribution in [3.63, 3.8) is 0 Å². The van der Waals surface area contributed by atoms with Gasteiger partial charge in [0.15, 0.2) is 6.17 Å². The van der Waals surface area contributed by atoms with Crippen LogP contribution in [0.4, 0.5) is 0 Å². The highest BCUT2D eigenvalue weighted by molar-refractivity contribution is 6.18. The van der Waals surface area contributed by atoms with Crippen LogP contribution in [0.5, 0.6) is 0 Å². The molecule has 0 bridgehead atoms. The third-order valence-corrected chi connectivity index (χ3v) is 11.3. The number of pyridine rings is 1. The molecule has 58 heavy (non-hydrogen) atoms. The van der Waals surface area contributed by atoms with E-state index < -0.39 is 6.17 Å². The van der Waals surface area contributed by atoms with E-state index in [9.17, 15) is 0 Å². The van der Waals surface area contributed by atoms with Crippen LogP contribution in [-0.2, 0) is 0 Å². The fourth-order valence-electron chi connectivity index (χ4n) is 8.32. The first kappa shape index (κ1) is 33.6. The average Bonchev–Trinajstić information content (AvgIpc) is 3.31. The van der Waals surface area contributed by atoms with Gasteiger partial charge in [-0.3, -0.25) is 0 Å². The lowest BCUT2D eigenvalue weighted by Crippen LogP contribution is -2.36. The molecule has 1 aliphatic heterocycles. The SMILES string of the molecule is c1ccc(-c2nc3ccc(-c4ccc(C5N=C(c6ccc7ccccc7c6)NC(c6ccc7ccccc7c6)=N5)cc4)cc3c3c(-c4ccccc4)cccc23)cc1. The van der Waals surface area contributed by atoms with Gasteiger partial charge in [0.25, 0.3) is 0 Å². The van der Waals surface area contributed by atoms with Crippen molar-refractivity contribution in [2.24, 2.45) is 9.98 Å². The Morgan fingerprint density at radius 3 is 1.55 bits per heavy atom. The molecule has 4 nitrogen and oxygen atoms in total. The summed E-state index contributed by atoms with van der Waals surface area (Å²) in [5, 5.41) is 11.8. The van der Waals surface area contributed by atoms with Crippen LogP contribution in [0.3, 0.4) is 0 Å². The molecule has 4 heteroatoms. The molecule has 272 valence electrons. The van der Waals surface area contributed by atoms with Crippen LogP contribution in [-0.4, -0.2) is 16.7 Å². The first-order valence-corrected chi connectivity index (χ1v) is 19.7. The summed E-state index contributed by atoms with van der Waals surface area (Å²) in [5.74, 6) is 1.60. The van der Waals surface area contributed by atoms with Gasteiger partial charge in [-0.05, 0) is 73.6 Å². The molecule has 2 heterocycles. The van der Waals surface area contributed by atoms with E-state index in [4.69, 9.17) is 15.0 Å².